The average Bonchev–Trinajstić information content (AvgIpc) is 3.24. The van der Waals surface area contributed by atoms with Crippen molar-refractivity contribution in [2.45, 2.75) is 23.0 Å². The van der Waals surface area contributed by atoms with Crippen LogP contribution in [0.15, 0.2) is 115 Å². The highest BCUT2D eigenvalue weighted by molar-refractivity contribution is 6.05. The minimum Gasteiger partial charge on any atom is -0.381 e. The summed E-state index contributed by atoms with van der Waals surface area (Å²) in [6.45, 7) is 0. The Balaban J connectivity index is 1.73. The molecule has 0 bridgehead atoms. The maximum Gasteiger partial charge on any atom is 0.170 e. The first-order valence-electron chi connectivity index (χ1n) is 11.3. The Bertz CT molecular complexity index is 1320. The quantitative estimate of drug-likeness (QED) is 0.470. The van der Waals surface area contributed by atoms with E-state index >= 15 is 0 Å². The van der Waals surface area contributed by atoms with Crippen LogP contribution < -0.4 is 0 Å². The first-order valence-corrected chi connectivity index (χ1v) is 11.3. The van der Waals surface area contributed by atoms with Crippen LogP contribution in [0.3, 0.4) is 0 Å². The molecule has 3 heteroatoms. The molecule has 4 aromatic carbocycles. The molecule has 0 saturated heterocycles. The van der Waals surface area contributed by atoms with Gasteiger partial charge in [0.05, 0.1) is 5.92 Å². The van der Waals surface area contributed by atoms with Gasteiger partial charge in [0, 0.05) is 17.4 Å². The molecular weight excluding hydrogens is 408 g/mol. The summed E-state index contributed by atoms with van der Waals surface area (Å²) in [5, 5.41) is 25.4. The standard InChI is InChI=1S/C30H24O3/c31-28-23-18-10-11-19-24(23)30(33)27(28)25(20-12-4-1-5-13-20)26(21-14-6-2-7-15-21)29(30,32)22-16-8-3-9-17-22/h1-19,25-27,32-33H/t25-,26-,27-,29+,30+/m0/s1. The smallest absolute Gasteiger partial charge is 0.170 e. The van der Waals surface area contributed by atoms with Gasteiger partial charge in [0.25, 0.3) is 0 Å². The number of fused-ring (bicyclic) bond motifs is 3. The minimum atomic E-state index is -1.77. The van der Waals surface area contributed by atoms with Crippen molar-refractivity contribution in [3.8, 4) is 0 Å². The predicted molar refractivity (Wildman–Crippen MR) is 127 cm³/mol. The summed E-state index contributed by atoms with van der Waals surface area (Å²) in [6, 6.07) is 36.1. The SMILES string of the molecule is O=C1c2ccccc2[C@@]2(O)[C@H]1[C@@H](c1ccccc1)[C@H](c1ccccc1)[C@]2(O)c1ccccc1. The van der Waals surface area contributed by atoms with E-state index in [0.717, 1.165) is 11.1 Å². The molecule has 1 fully saturated rings. The van der Waals surface area contributed by atoms with E-state index < -0.39 is 29.0 Å². The molecule has 2 aliphatic rings. The molecule has 0 unspecified atom stereocenters. The molecule has 0 aliphatic heterocycles. The first-order chi connectivity index (χ1) is 16.1. The van der Waals surface area contributed by atoms with E-state index in [4.69, 9.17) is 0 Å². The summed E-state index contributed by atoms with van der Waals surface area (Å²) in [7, 11) is 0. The molecule has 6 rings (SSSR count). The zero-order valence-corrected chi connectivity index (χ0v) is 18.0. The van der Waals surface area contributed by atoms with Crippen molar-refractivity contribution >= 4 is 5.78 Å². The normalized spacial score (nSPS) is 30.1. The molecule has 2 N–H and O–H groups in total. The fraction of sp³-hybridized carbons (Fsp3) is 0.167. The zero-order valence-electron chi connectivity index (χ0n) is 18.0. The summed E-state index contributed by atoms with van der Waals surface area (Å²) in [5.74, 6) is -1.87. The number of aliphatic hydroxyl groups is 2. The Hall–Kier alpha value is -3.53. The number of carbonyl (C=O) groups excluding carboxylic acids is 1. The minimum absolute atomic E-state index is 0.116. The number of benzene rings is 4. The molecule has 5 atom stereocenters. The van der Waals surface area contributed by atoms with Gasteiger partial charge in [-0.05, 0) is 22.3 Å². The van der Waals surface area contributed by atoms with E-state index in [-0.39, 0.29) is 5.78 Å². The van der Waals surface area contributed by atoms with Crippen LogP contribution in [0.4, 0.5) is 0 Å². The van der Waals surface area contributed by atoms with Crippen LogP contribution in [-0.2, 0) is 11.2 Å². The van der Waals surface area contributed by atoms with Crippen molar-refractivity contribution in [3.63, 3.8) is 0 Å². The molecule has 0 radical (unpaired) electrons. The third-order valence-electron chi connectivity index (χ3n) is 7.64. The Morgan fingerprint density at radius 2 is 1.06 bits per heavy atom. The fourth-order valence-corrected chi connectivity index (χ4v) is 6.37. The lowest BCUT2D eigenvalue weighted by Crippen LogP contribution is -2.49. The molecule has 0 heterocycles. The summed E-state index contributed by atoms with van der Waals surface area (Å²) in [4.78, 5) is 13.9. The van der Waals surface area contributed by atoms with Crippen molar-refractivity contribution in [3.05, 3.63) is 143 Å². The van der Waals surface area contributed by atoms with Crippen LogP contribution >= 0.6 is 0 Å². The number of ketones is 1. The van der Waals surface area contributed by atoms with Gasteiger partial charge < -0.3 is 10.2 Å². The van der Waals surface area contributed by atoms with Crippen LogP contribution in [0, 0.1) is 5.92 Å². The highest BCUT2D eigenvalue weighted by Gasteiger charge is 2.75. The molecule has 4 aromatic rings. The van der Waals surface area contributed by atoms with Crippen LogP contribution in [0.25, 0.3) is 0 Å². The van der Waals surface area contributed by atoms with Crippen LogP contribution in [-0.4, -0.2) is 16.0 Å². The van der Waals surface area contributed by atoms with Gasteiger partial charge in [-0.1, -0.05) is 115 Å². The third-order valence-corrected chi connectivity index (χ3v) is 7.64. The number of rotatable bonds is 3. The van der Waals surface area contributed by atoms with Crippen LogP contribution in [0.2, 0.25) is 0 Å². The predicted octanol–water partition coefficient (Wildman–Crippen LogP) is 5.16. The number of Topliss-reactive ketones (excluding diaryl/α,β-unsaturated/α-hetero) is 1. The van der Waals surface area contributed by atoms with Gasteiger partial charge in [-0.25, -0.2) is 0 Å². The van der Waals surface area contributed by atoms with E-state index in [1.54, 1.807) is 12.1 Å². The molecule has 3 nitrogen and oxygen atoms in total. The maximum absolute atomic E-state index is 13.9. The van der Waals surface area contributed by atoms with Crippen molar-refractivity contribution < 1.29 is 15.0 Å². The largest absolute Gasteiger partial charge is 0.381 e. The Morgan fingerprint density at radius 1 is 0.545 bits per heavy atom. The van der Waals surface area contributed by atoms with Gasteiger partial charge in [-0.3, -0.25) is 4.79 Å². The van der Waals surface area contributed by atoms with Crippen LogP contribution in [0.1, 0.15) is 44.4 Å². The van der Waals surface area contributed by atoms with E-state index in [2.05, 4.69) is 0 Å². The van der Waals surface area contributed by atoms with E-state index in [1.807, 2.05) is 103 Å². The van der Waals surface area contributed by atoms with Crippen molar-refractivity contribution in [2.24, 2.45) is 5.92 Å². The summed E-state index contributed by atoms with van der Waals surface area (Å²) in [5.41, 5.74) is -0.0630. The highest BCUT2D eigenvalue weighted by Crippen LogP contribution is 2.70. The highest BCUT2D eigenvalue weighted by atomic mass is 16.4. The second-order valence-corrected chi connectivity index (χ2v) is 9.11. The lowest BCUT2D eigenvalue weighted by molar-refractivity contribution is -0.159. The average molecular weight is 433 g/mol. The third kappa shape index (κ3) is 2.55. The molecular formula is C30H24O3. The number of carbonyl (C=O) groups is 1. The fourth-order valence-electron chi connectivity index (χ4n) is 6.37. The topological polar surface area (TPSA) is 57.5 Å². The molecule has 0 amide bonds. The molecule has 33 heavy (non-hydrogen) atoms. The van der Waals surface area contributed by atoms with Crippen LogP contribution in [0.5, 0.6) is 0 Å². The zero-order chi connectivity index (χ0) is 22.6. The second kappa shape index (κ2) is 7.24. The van der Waals surface area contributed by atoms with Gasteiger partial charge in [-0.15, -0.1) is 0 Å². The number of hydrogen-bond donors (Lipinski definition) is 2. The molecule has 1 saturated carbocycles. The summed E-state index contributed by atoms with van der Waals surface area (Å²) < 4.78 is 0. The molecule has 162 valence electrons. The van der Waals surface area contributed by atoms with Crippen molar-refractivity contribution in [1.82, 2.24) is 0 Å². The van der Waals surface area contributed by atoms with Crippen molar-refractivity contribution in [2.75, 3.05) is 0 Å². The first kappa shape index (κ1) is 20.1. The van der Waals surface area contributed by atoms with Gasteiger partial charge in [0.2, 0.25) is 0 Å². The van der Waals surface area contributed by atoms with E-state index in [1.165, 1.54) is 0 Å². The molecule has 0 aromatic heterocycles. The Labute approximate surface area is 193 Å². The molecule has 2 aliphatic carbocycles. The van der Waals surface area contributed by atoms with Crippen molar-refractivity contribution in [1.29, 1.82) is 0 Å². The molecule has 0 spiro atoms. The van der Waals surface area contributed by atoms with E-state index in [9.17, 15) is 15.0 Å². The van der Waals surface area contributed by atoms with Gasteiger partial charge in [0.15, 0.2) is 5.78 Å². The summed E-state index contributed by atoms with van der Waals surface area (Å²) >= 11 is 0. The van der Waals surface area contributed by atoms with Gasteiger partial charge in [0.1, 0.15) is 11.2 Å². The Morgan fingerprint density at radius 3 is 1.70 bits per heavy atom. The van der Waals surface area contributed by atoms with Gasteiger partial charge in [-0.2, -0.15) is 0 Å². The van der Waals surface area contributed by atoms with E-state index in [0.29, 0.717) is 16.7 Å². The summed E-state index contributed by atoms with van der Waals surface area (Å²) in [6.07, 6.45) is 0. The number of hydrogen-bond acceptors (Lipinski definition) is 3. The van der Waals surface area contributed by atoms with Gasteiger partial charge >= 0.3 is 0 Å². The lowest BCUT2D eigenvalue weighted by atomic mass is 9.69. The monoisotopic (exact) mass is 432 g/mol. The maximum atomic E-state index is 13.9. The second-order valence-electron chi connectivity index (χ2n) is 9.11. The lowest BCUT2D eigenvalue weighted by Gasteiger charge is -2.42. The Kier molecular flexibility index (Phi) is 4.41.